The zero-order valence-electron chi connectivity index (χ0n) is 12.5. The molecule has 0 aliphatic rings. The Hall–Kier alpha value is -1.79. The van der Waals surface area contributed by atoms with Gasteiger partial charge < -0.3 is 10.7 Å². The molecule has 2 rings (SSSR count). The zero-order chi connectivity index (χ0) is 15.7. The third-order valence-electron chi connectivity index (χ3n) is 3.25. The summed E-state index contributed by atoms with van der Waals surface area (Å²) < 4.78 is 27.0. The van der Waals surface area contributed by atoms with E-state index in [-0.39, 0.29) is 16.9 Å². The predicted octanol–water partition coefficient (Wildman–Crippen LogP) is 2.57. The van der Waals surface area contributed by atoms with Crippen LogP contribution in [0.4, 0.5) is 5.69 Å². The Morgan fingerprint density at radius 1 is 1.19 bits per heavy atom. The van der Waals surface area contributed by atoms with Crippen LogP contribution in [0.1, 0.15) is 32.0 Å². The minimum absolute atomic E-state index is 0.0358. The Labute approximate surface area is 125 Å². The van der Waals surface area contributed by atoms with Crippen molar-refractivity contribution >= 4 is 15.7 Å². The number of nitrogens with one attached hydrogen (secondary N) is 2. The summed E-state index contributed by atoms with van der Waals surface area (Å²) in [5.74, 6) is 0. The van der Waals surface area contributed by atoms with Gasteiger partial charge in [0, 0.05) is 24.1 Å². The largest absolute Gasteiger partial charge is 0.363 e. The first-order valence-corrected chi connectivity index (χ1v) is 8.21. The van der Waals surface area contributed by atoms with E-state index in [9.17, 15) is 8.42 Å². The molecule has 0 saturated heterocycles. The minimum Gasteiger partial charge on any atom is -0.363 e. The molecule has 6 heteroatoms. The van der Waals surface area contributed by atoms with Gasteiger partial charge in [-0.1, -0.05) is 32.9 Å². The van der Waals surface area contributed by atoms with Gasteiger partial charge in [-0.05, 0) is 29.2 Å². The third-order valence-corrected chi connectivity index (χ3v) is 4.61. The van der Waals surface area contributed by atoms with Crippen LogP contribution in [0.25, 0.3) is 0 Å². The molecule has 0 atom stereocenters. The molecule has 114 valence electrons. The van der Waals surface area contributed by atoms with Crippen LogP contribution < -0.4 is 10.5 Å². The highest BCUT2D eigenvalue weighted by Crippen LogP contribution is 2.24. The van der Waals surface area contributed by atoms with Crippen molar-refractivity contribution in [1.82, 2.24) is 4.98 Å². The van der Waals surface area contributed by atoms with E-state index in [2.05, 4.69) is 30.5 Å². The molecule has 0 aliphatic heterocycles. The molecule has 0 aliphatic carbocycles. The molecule has 0 amide bonds. The summed E-state index contributed by atoms with van der Waals surface area (Å²) in [6.07, 6.45) is 1.44. The van der Waals surface area contributed by atoms with Crippen LogP contribution in [0.3, 0.4) is 0 Å². The van der Waals surface area contributed by atoms with Gasteiger partial charge in [0.15, 0.2) is 0 Å². The second kappa shape index (κ2) is 5.54. The van der Waals surface area contributed by atoms with E-state index >= 15 is 0 Å². The van der Waals surface area contributed by atoms with Crippen LogP contribution in [-0.2, 0) is 22.0 Å². The lowest BCUT2D eigenvalue weighted by atomic mass is 9.87. The highest BCUT2D eigenvalue weighted by Gasteiger charge is 2.17. The van der Waals surface area contributed by atoms with Crippen LogP contribution in [-0.4, -0.2) is 13.4 Å². The number of aromatic nitrogens is 1. The second-order valence-electron chi connectivity index (χ2n) is 6.00. The smallest absolute Gasteiger partial charge is 0.263 e. The Morgan fingerprint density at radius 2 is 1.81 bits per heavy atom. The second-order valence-corrected chi connectivity index (χ2v) is 7.68. The van der Waals surface area contributed by atoms with E-state index in [0.717, 1.165) is 5.56 Å². The summed E-state index contributed by atoms with van der Waals surface area (Å²) in [5.41, 5.74) is 7.88. The number of rotatable bonds is 4. The lowest BCUT2D eigenvalue weighted by Crippen LogP contribution is -2.13. The van der Waals surface area contributed by atoms with E-state index in [1.54, 1.807) is 12.1 Å². The number of sulfonamides is 1. The Bertz CT molecular complexity index is 710. The molecule has 0 radical (unpaired) electrons. The molecule has 1 aromatic carbocycles. The quantitative estimate of drug-likeness (QED) is 0.811. The van der Waals surface area contributed by atoms with Gasteiger partial charge in [0.1, 0.15) is 4.90 Å². The van der Waals surface area contributed by atoms with E-state index in [1.165, 1.54) is 12.3 Å². The third kappa shape index (κ3) is 3.65. The van der Waals surface area contributed by atoms with Gasteiger partial charge in [-0.25, -0.2) is 8.42 Å². The fraction of sp³-hybridized carbons (Fsp3) is 0.333. The van der Waals surface area contributed by atoms with E-state index in [1.807, 2.05) is 12.1 Å². The van der Waals surface area contributed by atoms with Gasteiger partial charge in [0.2, 0.25) is 0 Å². The summed E-state index contributed by atoms with van der Waals surface area (Å²) in [6, 6.07) is 8.94. The highest BCUT2D eigenvalue weighted by molar-refractivity contribution is 7.92. The van der Waals surface area contributed by atoms with Crippen LogP contribution >= 0.6 is 0 Å². The van der Waals surface area contributed by atoms with Crippen LogP contribution in [0.2, 0.25) is 0 Å². The lowest BCUT2D eigenvalue weighted by Gasteiger charge is -2.19. The van der Waals surface area contributed by atoms with Crippen molar-refractivity contribution in [3.63, 3.8) is 0 Å². The SMILES string of the molecule is CC(C)(C)c1ccc(NS(=O)(=O)c2c[nH]c(CN)c2)cc1. The standard InChI is InChI=1S/C15H21N3O2S/c1-15(2,3)11-4-6-12(7-5-11)18-21(19,20)14-8-13(9-16)17-10-14/h4-8,10,17-18H,9,16H2,1-3H3. The molecular formula is C15H21N3O2S. The molecule has 2 aromatic rings. The van der Waals surface area contributed by atoms with E-state index in [0.29, 0.717) is 11.4 Å². The number of nitrogens with two attached hydrogens (primary N) is 1. The first-order chi connectivity index (χ1) is 9.72. The Kier molecular flexibility index (Phi) is 4.11. The number of benzene rings is 1. The molecular weight excluding hydrogens is 286 g/mol. The average molecular weight is 307 g/mol. The molecule has 0 spiro atoms. The molecule has 1 heterocycles. The number of aromatic amines is 1. The van der Waals surface area contributed by atoms with Crippen molar-refractivity contribution in [3.05, 3.63) is 47.8 Å². The topological polar surface area (TPSA) is 88.0 Å². The van der Waals surface area contributed by atoms with Gasteiger partial charge in [-0.3, -0.25) is 4.72 Å². The predicted molar refractivity (Wildman–Crippen MR) is 84.6 cm³/mol. The average Bonchev–Trinajstić information content (AvgIpc) is 2.87. The molecule has 0 bridgehead atoms. The maximum Gasteiger partial charge on any atom is 0.263 e. The molecule has 0 fully saturated rings. The molecule has 0 saturated carbocycles. The zero-order valence-corrected chi connectivity index (χ0v) is 13.3. The molecule has 1 aromatic heterocycles. The van der Waals surface area contributed by atoms with Gasteiger partial charge in [0.05, 0.1) is 0 Å². The minimum atomic E-state index is -3.59. The van der Waals surface area contributed by atoms with Gasteiger partial charge >= 0.3 is 0 Å². The van der Waals surface area contributed by atoms with E-state index in [4.69, 9.17) is 5.73 Å². The summed E-state index contributed by atoms with van der Waals surface area (Å²) in [5, 5.41) is 0. The first-order valence-electron chi connectivity index (χ1n) is 6.73. The highest BCUT2D eigenvalue weighted by atomic mass is 32.2. The fourth-order valence-electron chi connectivity index (χ4n) is 1.94. The maximum atomic E-state index is 12.2. The fourth-order valence-corrected chi connectivity index (χ4v) is 3.02. The van der Waals surface area contributed by atoms with Gasteiger partial charge in [-0.2, -0.15) is 0 Å². The van der Waals surface area contributed by atoms with Crippen molar-refractivity contribution in [2.75, 3.05) is 4.72 Å². The maximum absolute atomic E-state index is 12.2. The van der Waals surface area contributed by atoms with Crippen LogP contribution in [0.5, 0.6) is 0 Å². The van der Waals surface area contributed by atoms with Crippen LogP contribution in [0, 0.1) is 0 Å². The lowest BCUT2D eigenvalue weighted by molar-refractivity contribution is 0.590. The summed E-state index contributed by atoms with van der Waals surface area (Å²) >= 11 is 0. The molecule has 5 nitrogen and oxygen atoms in total. The Balaban J connectivity index is 2.21. The monoisotopic (exact) mass is 307 g/mol. The first kappa shape index (κ1) is 15.6. The van der Waals surface area contributed by atoms with Gasteiger partial charge in [0.25, 0.3) is 10.0 Å². The van der Waals surface area contributed by atoms with Crippen molar-refractivity contribution in [1.29, 1.82) is 0 Å². The van der Waals surface area contributed by atoms with Crippen molar-refractivity contribution in [3.8, 4) is 0 Å². The van der Waals surface area contributed by atoms with Crippen LogP contribution in [0.15, 0.2) is 41.4 Å². The molecule has 4 N–H and O–H groups in total. The number of hydrogen-bond acceptors (Lipinski definition) is 3. The van der Waals surface area contributed by atoms with Crippen molar-refractivity contribution in [2.24, 2.45) is 5.73 Å². The summed E-state index contributed by atoms with van der Waals surface area (Å²) in [6.45, 7) is 6.61. The summed E-state index contributed by atoms with van der Waals surface area (Å²) in [7, 11) is -3.59. The van der Waals surface area contributed by atoms with Gasteiger partial charge in [-0.15, -0.1) is 0 Å². The number of anilines is 1. The van der Waals surface area contributed by atoms with E-state index < -0.39 is 10.0 Å². The van der Waals surface area contributed by atoms with Crippen molar-refractivity contribution in [2.45, 2.75) is 37.6 Å². The number of hydrogen-bond donors (Lipinski definition) is 3. The summed E-state index contributed by atoms with van der Waals surface area (Å²) in [4.78, 5) is 3.02. The number of H-pyrrole nitrogens is 1. The van der Waals surface area contributed by atoms with Crippen molar-refractivity contribution < 1.29 is 8.42 Å². The molecule has 21 heavy (non-hydrogen) atoms. The normalized spacial score (nSPS) is 12.4. The molecule has 0 unspecified atom stereocenters. The Morgan fingerprint density at radius 3 is 2.29 bits per heavy atom.